The lowest BCUT2D eigenvalue weighted by Gasteiger charge is -2.11. The van der Waals surface area contributed by atoms with Gasteiger partial charge in [-0.25, -0.2) is 0 Å². The van der Waals surface area contributed by atoms with E-state index >= 15 is 0 Å². The maximum absolute atomic E-state index is 4.80. The predicted octanol–water partition coefficient (Wildman–Crippen LogP) is 4.68. The van der Waals surface area contributed by atoms with E-state index in [0.717, 1.165) is 12.3 Å². The highest BCUT2D eigenvalue weighted by molar-refractivity contribution is 6.26. The van der Waals surface area contributed by atoms with Crippen LogP contribution in [0.1, 0.15) is 16.7 Å². The second-order valence-corrected chi connectivity index (χ2v) is 5.27. The smallest absolute Gasteiger partial charge is 0.0657 e. The second-order valence-electron chi connectivity index (χ2n) is 5.27. The van der Waals surface area contributed by atoms with Gasteiger partial charge in [0.05, 0.1) is 12.3 Å². The summed E-state index contributed by atoms with van der Waals surface area (Å²) in [5.74, 6) is 0. The van der Waals surface area contributed by atoms with E-state index in [1.54, 1.807) is 0 Å². The Morgan fingerprint density at radius 2 is 1.62 bits per heavy atom. The molecule has 0 saturated heterocycles. The fourth-order valence-electron chi connectivity index (χ4n) is 2.86. The van der Waals surface area contributed by atoms with Gasteiger partial charge in [-0.05, 0) is 34.4 Å². The summed E-state index contributed by atoms with van der Waals surface area (Å²) >= 11 is 0. The lowest BCUT2D eigenvalue weighted by molar-refractivity contribution is 1.07. The molecular formula is C20H15N. The van der Waals surface area contributed by atoms with Gasteiger partial charge in [0.25, 0.3) is 0 Å². The Balaban J connectivity index is 1.68. The summed E-state index contributed by atoms with van der Waals surface area (Å²) in [6.45, 7) is 0.724. The fourth-order valence-corrected chi connectivity index (χ4v) is 2.86. The molecule has 2 aromatic rings. The van der Waals surface area contributed by atoms with Gasteiger partial charge in [0, 0.05) is 5.57 Å². The van der Waals surface area contributed by atoms with E-state index in [4.69, 9.17) is 4.99 Å². The van der Waals surface area contributed by atoms with E-state index < -0.39 is 0 Å². The van der Waals surface area contributed by atoms with Crippen molar-refractivity contribution in [3.8, 4) is 0 Å². The van der Waals surface area contributed by atoms with Crippen LogP contribution in [-0.2, 0) is 6.54 Å². The van der Waals surface area contributed by atoms with Crippen LogP contribution in [-0.4, -0.2) is 5.71 Å². The molecule has 21 heavy (non-hydrogen) atoms. The minimum Gasteiger partial charge on any atom is -0.280 e. The Morgan fingerprint density at radius 1 is 0.810 bits per heavy atom. The van der Waals surface area contributed by atoms with Crippen LogP contribution in [0.5, 0.6) is 0 Å². The van der Waals surface area contributed by atoms with E-state index in [2.05, 4.69) is 72.8 Å². The summed E-state index contributed by atoms with van der Waals surface area (Å²) in [5, 5.41) is 0. The highest BCUT2D eigenvalue weighted by Gasteiger charge is 2.22. The van der Waals surface area contributed by atoms with Gasteiger partial charge < -0.3 is 0 Å². The number of benzene rings is 2. The van der Waals surface area contributed by atoms with Crippen molar-refractivity contribution in [1.29, 1.82) is 0 Å². The van der Waals surface area contributed by atoms with Crippen molar-refractivity contribution in [2.75, 3.05) is 0 Å². The van der Waals surface area contributed by atoms with Crippen LogP contribution < -0.4 is 0 Å². The minimum absolute atomic E-state index is 0.724. The molecule has 1 nitrogen and oxygen atoms in total. The maximum Gasteiger partial charge on any atom is 0.0657 e. The van der Waals surface area contributed by atoms with E-state index in [1.807, 2.05) is 6.07 Å². The predicted molar refractivity (Wildman–Crippen MR) is 89.1 cm³/mol. The third-order valence-corrected chi connectivity index (χ3v) is 3.91. The number of hydrogen-bond acceptors (Lipinski definition) is 1. The van der Waals surface area contributed by atoms with Gasteiger partial charge in [-0.2, -0.15) is 0 Å². The first-order valence-corrected chi connectivity index (χ1v) is 7.20. The summed E-state index contributed by atoms with van der Waals surface area (Å²) in [7, 11) is 0. The second kappa shape index (κ2) is 5.02. The molecule has 100 valence electrons. The van der Waals surface area contributed by atoms with Crippen LogP contribution in [0.2, 0.25) is 0 Å². The molecule has 2 aliphatic carbocycles. The molecule has 2 aromatic carbocycles. The van der Waals surface area contributed by atoms with Crippen LogP contribution in [0, 0.1) is 0 Å². The summed E-state index contributed by atoms with van der Waals surface area (Å²) in [4.78, 5) is 4.80. The molecule has 0 heterocycles. The number of hydrogen-bond donors (Lipinski definition) is 0. The van der Waals surface area contributed by atoms with Crippen LogP contribution in [0.15, 0.2) is 83.4 Å². The van der Waals surface area contributed by atoms with E-state index in [1.165, 1.54) is 27.8 Å². The first kappa shape index (κ1) is 12.1. The van der Waals surface area contributed by atoms with Crippen LogP contribution in [0.25, 0.3) is 11.6 Å². The molecule has 0 saturated carbocycles. The summed E-state index contributed by atoms with van der Waals surface area (Å²) < 4.78 is 0. The van der Waals surface area contributed by atoms with Crippen molar-refractivity contribution >= 4 is 17.4 Å². The van der Waals surface area contributed by atoms with Gasteiger partial charge in [-0.3, -0.25) is 4.99 Å². The molecule has 2 aliphatic rings. The average Bonchev–Trinajstić information content (AvgIpc) is 2.93. The molecule has 0 amide bonds. The van der Waals surface area contributed by atoms with Gasteiger partial charge in [-0.1, -0.05) is 66.7 Å². The van der Waals surface area contributed by atoms with Gasteiger partial charge >= 0.3 is 0 Å². The van der Waals surface area contributed by atoms with Crippen LogP contribution in [0.3, 0.4) is 0 Å². The number of nitrogens with zero attached hydrogens (tertiary/aromatic N) is 1. The minimum atomic E-state index is 0.724. The zero-order valence-electron chi connectivity index (χ0n) is 11.7. The Labute approximate surface area is 124 Å². The van der Waals surface area contributed by atoms with Crippen molar-refractivity contribution in [2.24, 2.45) is 4.99 Å². The largest absolute Gasteiger partial charge is 0.280 e. The van der Waals surface area contributed by atoms with E-state index in [-0.39, 0.29) is 0 Å². The molecule has 0 radical (unpaired) electrons. The quantitative estimate of drug-likeness (QED) is 0.750. The van der Waals surface area contributed by atoms with Crippen molar-refractivity contribution in [3.05, 3.63) is 95.1 Å². The lowest BCUT2D eigenvalue weighted by Crippen LogP contribution is -2.03. The van der Waals surface area contributed by atoms with Gasteiger partial charge in [0.2, 0.25) is 0 Å². The Hall–Kier alpha value is -2.67. The topological polar surface area (TPSA) is 12.4 Å². The summed E-state index contributed by atoms with van der Waals surface area (Å²) in [6, 6.07) is 18.9. The standard InChI is InChI=1S/C20H15N/c1-2-7-15(8-3-1)14-21-20-12-6-11-18-17-10-5-4-9-16(17)13-19(18)20/h1-13H,14H2. The third kappa shape index (κ3) is 2.17. The molecule has 4 rings (SSSR count). The highest BCUT2D eigenvalue weighted by Crippen LogP contribution is 2.38. The Kier molecular flexibility index (Phi) is 2.89. The van der Waals surface area contributed by atoms with Gasteiger partial charge in [0.1, 0.15) is 0 Å². The zero-order valence-corrected chi connectivity index (χ0v) is 11.7. The molecule has 0 aliphatic heterocycles. The van der Waals surface area contributed by atoms with Gasteiger partial charge in [0.15, 0.2) is 0 Å². The maximum atomic E-state index is 4.80. The van der Waals surface area contributed by atoms with Crippen molar-refractivity contribution in [2.45, 2.75) is 6.54 Å². The molecular weight excluding hydrogens is 254 g/mol. The highest BCUT2D eigenvalue weighted by atomic mass is 14.7. The SMILES string of the molecule is C1=CC(=NCc2ccccc2)C2=Cc3ccccc3C2=C1. The van der Waals surface area contributed by atoms with Crippen LogP contribution in [0.4, 0.5) is 0 Å². The van der Waals surface area contributed by atoms with E-state index in [0.29, 0.717) is 0 Å². The van der Waals surface area contributed by atoms with Gasteiger partial charge in [-0.15, -0.1) is 0 Å². The molecule has 0 N–H and O–H groups in total. The molecule has 0 atom stereocenters. The Morgan fingerprint density at radius 3 is 2.52 bits per heavy atom. The zero-order chi connectivity index (χ0) is 14.1. The van der Waals surface area contributed by atoms with E-state index in [9.17, 15) is 0 Å². The first-order chi connectivity index (χ1) is 10.4. The number of aliphatic imine (C=N–C) groups is 1. The van der Waals surface area contributed by atoms with Crippen molar-refractivity contribution in [1.82, 2.24) is 0 Å². The molecule has 0 unspecified atom stereocenters. The number of fused-ring (bicyclic) bond motifs is 3. The van der Waals surface area contributed by atoms with Crippen molar-refractivity contribution < 1.29 is 0 Å². The molecule has 1 heteroatoms. The van der Waals surface area contributed by atoms with Crippen molar-refractivity contribution in [3.63, 3.8) is 0 Å². The molecule has 0 bridgehead atoms. The molecule has 0 aromatic heterocycles. The van der Waals surface area contributed by atoms with Crippen LogP contribution >= 0.6 is 0 Å². The fraction of sp³-hybridized carbons (Fsp3) is 0.0500. The summed E-state index contributed by atoms with van der Waals surface area (Å²) in [5.41, 5.74) is 7.45. The number of allylic oxidation sites excluding steroid dienone is 5. The first-order valence-electron chi connectivity index (χ1n) is 7.20. The average molecular weight is 269 g/mol. The molecule has 0 spiro atoms. The number of rotatable bonds is 2. The third-order valence-electron chi connectivity index (χ3n) is 3.91. The normalized spacial score (nSPS) is 17.2. The molecule has 0 fully saturated rings. The monoisotopic (exact) mass is 269 g/mol. The summed E-state index contributed by atoms with van der Waals surface area (Å²) in [6.07, 6.45) is 8.62. The lowest BCUT2D eigenvalue weighted by atomic mass is 9.95. The Bertz CT molecular complexity index is 805.